The summed E-state index contributed by atoms with van der Waals surface area (Å²) in [4.78, 5) is 21.6. The van der Waals surface area contributed by atoms with Crippen LogP contribution in [0.1, 0.15) is 6.42 Å². The molecule has 1 atom stereocenters. The number of hydrogen-bond donors (Lipinski definition) is 3. The van der Waals surface area contributed by atoms with Gasteiger partial charge < -0.3 is 16.2 Å². The maximum absolute atomic E-state index is 11.6. The zero-order valence-electron chi connectivity index (χ0n) is 9.50. The molecular weight excluding hydrogens is 238 g/mol. The summed E-state index contributed by atoms with van der Waals surface area (Å²) in [5.74, 6) is -0.807. The molecule has 18 heavy (non-hydrogen) atoms. The number of rotatable bonds is 5. The number of nitrogens with two attached hydrogens (primary N) is 1. The Balaban J connectivity index is 2.93. The molecule has 7 nitrogen and oxygen atoms in total. The van der Waals surface area contributed by atoms with Gasteiger partial charge in [-0.15, -0.1) is 6.58 Å². The van der Waals surface area contributed by atoms with E-state index >= 15 is 0 Å². The van der Waals surface area contributed by atoms with Gasteiger partial charge in [0.1, 0.15) is 11.4 Å². The van der Waals surface area contributed by atoms with Gasteiger partial charge in [-0.2, -0.15) is 0 Å². The van der Waals surface area contributed by atoms with Crippen molar-refractivity contribution in [2.75, 3.05) is 5.32 Å². The highest BCUT2D eigenvalue weighted by molar-refractivity contribution is 5.96. The van der Waals surface area contributed by atoms with E-state index in [9.17, 15) is 14.9 Å². The number of nitrogens with zero attached hydrogens (tertiary/aromatic N) is 1. The lowest BCUT2D eigenvalue weighted by molar-refractivity contribution is -0.384. The Hall–Kier alpha value is -2.41. The molecule has 0 aromatic heterocycles. The summed E-state index contributed by atoms with van der Waals surface area (Å²) in [7, 11) is 0. The molecule has 96 valence electrons. The molecule has 0 aliphatic rings. The highest BCUT2D eigenvalue weighted by Gasteiger charge is 2.19. The maximum atomic E-state index is 11.6. The summed E-state index contributed by atoms with van der Waals surface area (Å²) in [6, 6.07) is 2.61. The van der Waals surface area contributed by atoms with Crippen molar-refractivity contribution in [3.8, 4) is 5.75 Å². The first-order chi connectivity index (χ1) is 8.45. The average molecular weight is 251 g/mol. The van der Waals surface area contributed by atoms with E-state index in [1.165, 1.54) is 18.2 Å². The van der Waals surface area contributed by atoms with E-state index in [0.29, 0.717) is 0 Å². The van der Waals surface area contributed by atoms with Gasteiger partial charge in [-0.3, -0.25) is 14.9 Å². The van der Waals surface area contributed by atoms with E-state index in [2.05, 4.69) is 11.9 Å². The number of nitro benzene ring substituents is 1. The third-order valence-corrected chi connectivity index (χ3v) is 2.19. The molecule has 4 N–H and O–H groups in total. The molecule has 0 aliphatic carbocycles. The molecule has 1 amide bonds. The molecule has 0 spiro atoms. The minimum Gasteiger partial charge on any atom is -0.508 e. The van der Waals surface area contributed by atoms with Crippen LogP contribution in [0.5, 0.6) is 5.75 Å². The van der Waals surface area contributed by atoms with E-state index in [1.807, 2.05) is 0 Å². The van der Waals surface area contributed by atoms with Crippen molar-refractivity contribution in [3.63, 3.8) is 0 Å². The Morgan fingerprint density at radius 2 is 2.33 bits per heavy atom. The van der Waals surface area contributed by atoms with Crippen LogP contribution < -0.4 is 11.1 Å². The van der Waals surface area contributed by atoms with Gasteiger partial charge in [0.05, 0.1) is 17.0 Å². The number of nitrogens with one attached hydrogen (secondary N) is 1. The normalized spacial score (nSPS) is 11.6. The number of phenols is 1. The number of phenolic OH excluding ortho intramolecular Hbond substituents is 1. The number of amides is 1. The first-order valence-electron chi connectivity index (χ1n) is 5.10. The van der Waals surface area contributed by atoms with Crippen LogP contribution in [0.4, 0.5) is 11.4 Å². The van der Waals surface area contributed by atoms with Gasteiger partial charge >= 0.3 is 0 Å². The minimum absolute atomic E-state index is 0.0117. The molecule has 1 aromatic rings. The lowest BCUT2D eigenvalue weighted by Crippen LogP contribution is -2.35. The quantitative estimate of drug-likeness (QED) is 0.314. The fourth-order valence-corrected chi connectivity index (χ4v) is 1.29. The number of carbonyl (C=O) groups excluding carboxylic acids is 1. The zero-order valence-corrected chi connectivity index (χ0v) is 9.50. The fraction of sp³-hybridized carbons (Fsp3) is 0.182. The molecule has 0 radical (unpaired) electrons. The smallest absolute Gasteiger partial charge is 0.296 e. The molecule has 1 rings (SSSR count). The van der Waals surface area contributed by atoms with Gasteiger partial charge in [0.25, 0.3) is 5.69 Å². The van der Waals surface area contributed by atoms with Crippen molar-refractivity contribution >= 4 is 17.3 Å². The topological polar surface area (TPSA) is 118 Å². The van der Waals surface area contributed by atoms with E-state index in [4.69, 9.17) is 10.8 Å². The van der Waals surface area contributed by atoms with Gasteiger partial charge in [-0.25, -0.2) is 0 Å². The van der Waals surface area contributed by atoms with E-state index in [1.54, 1.807) is 0 Å². The third kappa shape index (κ3) is 3.29. The Labute approximate surface area is 103 Å². The Morgan fingerprint density at radius 1 is 1.67 bits per heavy atom. The number of aromatic hydroxyl groups is 1. The summed E-state index contributed by atoms with van der Waals surface area (Å²) in [5, 5.41) is 22.2. The molecule has 1 unspecified atom stereocenters. The van der Waals surface area contributed by atoms with Crippen LogP contribution in [0.25, 0.3) is 0 Å². The van der Waals surface area contributed by atoms with Gasteiger partial charge in [0.2, 0.25) is 5.91 Å². The molecule has 7 heteroatoms. The number of hydrogen-bond acceptors (Lipinski definition) is 5. The maximum Gasteiger partial charge on any atom is 0.296 e. The predicted octanol–water partition coefficient (Wildman–Crippen LogP) is 1.14. The van der Waals surface area contributed by atoms with Crippen LogP contribution in [0.2, 0.25) is 0 Å². The standard InChI is InChI=1S/C11H13N3O4/c1-2-3-8(12)11(16)13-9-5-4-7(15)6-10(9)14(17)18/h2,4-6,8,15H,1,3,12H2,(H,13,16). The van der Waals surface area contributed by atoms with Crippen LogP contribution in [0.3, 0.4) is 0 Å². The molecule has 0 aliphatic heterocycles. The van der Waals surface area contributed by atoms with E-state index < -0.39 is 22.6 Å². The second kappa shape index (κ2) is 5.78. The van der Waals surface area contributed by atoms with Crippen molar-refractivity contribution in [3.05, 3.63) is 41.0 Å². The molecule has 0 saturated carbocycles. The van der Waals surface area contributed by atoms with Crippen molar-refractivity contribution in [2.45, 2.75) is 12.5 Å². The van der Waals surface area contributed by atoms with E-state index in [0.717, 1.165) is 6.07 Å². The highest BCUT2D eigenvalue weighted by atomic mass is 16.6. The Bertz CT molecular complexity index is 487. The van der Waals surface area contributed by atoms with Crippen LogP contribution in [0.15, 0.2) is 30.9 Å². The second-order valence-corrected chi connectivity index (χ2v) is 3.58. The molecule has 1 aromatic carbocycles. The number of nitro groups is 1. The number of anilines is 1. The first-order valence-corrected chi connectivity index (χ1v) is 5.10. The van der Waals surface area contributed by atoms with E-state index in [-0.39, 0.29) is 17.9 Å². The molecule has 0 bridgehead atoms. The van der Waals surface area contributed by atoms with Gasteiger partial charge in [0.15, 0.2) is 0 Å². The SMILES string of the molecule is C=CCC(N)C(=O)Nc1ccc(O)cc1[N+](=O)[O-]. The first kappa shape index (κ1) is 13.7. The van der Waals surface area contributed by atoms with Gasteiger partial charge in [0, 0.05) is 0 Å². The number of carbonyl (C=O) groups is 1. The van der Waals surface area contributed by atoms with Crippen molar-refractivity contribution in [2.24, 2.45) is 5.73 Å². The van der Waals surface area contributed by atoms with Gasteiger partial charge in [-0.05, 0) is 18.6 Å². The molecular formula is C11H13N3O4. The zero-order chi connectivity index (χ0) is 13.7. The molecule has 0 fully saturated rings. The molecule has 0 saturated heterocycles. The van der Waals surface area contributed by atoms with Crippen LogP contribution in [-0.2, 0) is 4.79 Å². The van der Waals surface area contributed by atoms with Crippen molar-refractivity contribution in [1.82, 2.24) is 0 Å². The summed E-state index contributed by atoms with van der Waals surface area (Å²) in [6.07, 6.45) is 1.74. The van der Waals surface area contributed by atoms with Crippen LogP contribution >= 0.6 is 0 Å². The van der Waals surface area contributed by atoms with Crippen molar-refractivity contribution < 1.29 is 14.8 Å². The Kier molecular flexibility index (Phi) is 4.39. The summed E-state index contributed by atoms with van der Waals surface area (Å²) in [6.45, 7) is 3.45. The second-order valence-electron chi connectivity index (χ2n) is 3.58. The Morgan fingerprint density at radius 3 is 2.89 bits per heavy atom. The van der Waals surface area contributed by atoms with Crippen molar-refractivity contribution in [1.29, 1.82) is 0 Å². The average Bonchev–Trinajstić information content (AvgIpc) is 2.31. The lowest BCUT2D eigenvalue weighted by Gasteiger charge is -2.10. The fourth-order valence-electron chi connectivity index (χ4n) is 1.29. The van der Waals surface area contributed by atoms with Crippen LogP contribution in [0, 0.1) is 10.1 Å². The van der Waals surface area contributed by atoms with Gasteiger partial charge in [-0.1, -0.05) is 6.08 Å². The summed E-state index contributed by atoms with van der Waals surface area (Å²) in [5.41, 5.74) is 5.12. The summed E-state index contributed by atoms with van der Waals surface area (Å²) >= 11 is 0. The lowest BCUT2D eigenvalue weighted by atomic mass is 10.2. The number of benzene rings is 1. The predicted molar refractivity (Wildman–Crippen MR) is 66.2 cm³/mol. The summed E-state index contributed by atoms with van der Waals surface area (Å²) < 4.78 is 0. The largest absolute Gasteiger partial charge is 0.508 e. The monoisotopic (exact) mass is 251 g/mol. The third-order valence-electron chi connectivity index (χ3n) is 2.19. The molecule has 0 heterocycles. The minimum atomic E-state index is -0.823. The van der Waals surface area contributed by atoms with Crippen LogP contribution in [-0.4, -0.2) is 22.0 Å². The highest BCUT2D eigenvalue weighted by Crippen LogP contribution is 2.28.